The zero-order chi connectivity index (χ0) is 21.1. The maximum Gasteiger partial charge on any atom is 0.326 e. The standard InChI is InChI=1S/C23H19BrN2O3S/c1-2-29-22(28)14-26-19-11-10-17(24)13-20(19)30-23(26)25-21(27)12-16-8-5-7-15-6-3-4-9-18(15)16/h3-11,13H,2,12,14H2,1H3. The molecule has 1 heterocycles. The summed E-state index contributed by atoms with van der Waals surface area (Å²) in [6.45, 7) is 2.08. The summed E-state index contributed by atoms with van der Waals surface area (Å²) in [6.07, 6.45) is 0.193. The summed E-state index contributed by atoms with van der Waals surface area (Å²) in [6, 6.07) is 19.7. The van der Waals surface area contributed by atoms with E-state index in [-0.39, 0.29) is 24.8 Å². The van der Waals surface area contributed by atoms with Crippen LogP contribution < -0.4 is 4.80 Å². The Bertz CT molecular complexity index is 1320. The molecule has 4 rings (SSSR count). The first-order valence-electron chi connectivity index (χ1n) is 9.54. The molecule has 152 valence electrons. The first kappa shape index (κ1) is 20.5. The van der Waals surface area contributed by atoms with Crippen molar-refractivity contribution in [2.45, 2.75) is 19.9 Å². The van der Waals surface area contributed by atoms with E-state index in [1.165, 1.54) is 11.3 Å². The van der Waals surface area contributed by atoms with Gasteiger partial charge in [0.25, 0.3) is 5.91 Å². The average Bonchev–Trinajstić information content (AvgIpc) is 3.04. The second-order valence-electron chi connectivity index (χ2n) is 6.71. The normalized spacial score (nSPS) is 11.9. The highest BCUT2D eigenvalue weighted by Gasteiger charge is 2.13. The summed E-state index contributed by atoms with van der Waals surface area (Å²) in [5.41, 5.74) is 1.77. The van der Waals surface area contributed by atoms with E-state index in [1.807, 2.05) is 60.7 Å². The minimum Gasteiger partial charge on any atom is -0.465 e. The molecule has 0 unspecified atom stereocenters. The predicted octanol–water partition coefficient (Wildman–Crippen LogP) is 4.85. The van der Waals surface area contributed by atoms with E-state index in [9.17, 15) is 9.59 Å². The summed E-state index contributed by atoms with van der Waals surface area (Å²) >= 11 is 4.85. The highest BCUT2D eigenvalue weighted by atomic mass is 79.9. The lowest BCUT2D eigenvalue weighted by Gasteiger charge is -2.06. The van der Waals surface area contributed by atoms with Crippen LogP contribution in [0.1, 0.15) is 12.5 Å². The van der Waals surface area contributed by atoms with Crippen LogP contribution in [-0.2, 0) is 27.3 Å². The van der Waals surface area contributed by atoms with Crippen molar-refractivity contribution in [2.24, 2.45) is 4.99 Å². The molecule has 7 heteroatoms. The van der Waals surface area contributed by atoms with Gasteiger partial charge in [0.15, 0.2) is 4.80 Å². The first-order chi connectivity index (χ1) is 14.5. The van der Waals surface area contributed by atoms with Crippen LogP contribution in [0.5, 0.6) is 0 Å². The van der Waals surface area contributed by atoms with Gasteiger partial charge < -0.3 is 9.30 Å². The summed E-state index contributed by atoms with van der Waals surface area (Å²) in [5, 5.41) is 2.13. The third-order valence-corrected chi connectivity index (χ3v) is 6.21. The van der Waals surface area contributed by atoms with Crippen LogP contribution in [0.2, 0.25) is 0 Å². The summed E-state index contributed by atoms with van der Waals surface area (Å²) in [7, 11) is 0. The van der Waals surface area contributed by atoms with E-state index in [0.717, 1.165) is 31.0 Å². The van der Waals surface area contributed by atoms with Crippen LogP contribution in [0.3, 0.4) is 0 Å². The number of hydrogen-bond acceptors (Lipinski definition) is 4. The molecular weight excluding hydrogens is 464 g/mol. The number of thiazole rings is 1. The third-order valence-electron chi connectivity index (χ3n) is 4.68. The summed E-state index contributed by atoms with van der Waals surface area (Å²) < 4.78 is 8.70. The maximum absolute atomic E-state index is 12.8. The van der Waals surface area contributed by atoms with Crippen LogP contribution in [0.4, 0.5) is 0 Å². The number of hydrogen-bond donors (Lipinski definition) is 0. The van der Waals surface area contributed by atoms with Gasteiger partial charge in [0.2, 0.25) is 0 Å². The van der Waals surface area contributed by atoms with Crippen molar-refractivity contribution < 1.29 is 14.3 Å². The zero-order valence-corrected chi connectivity index (χ0v) is 18.7. The van der Waals surface area contributed by atoms with Gasteiger partial charge in [-0.15, -0.1) is 0 Å². The number of esters is 1. The SMILES string of the molecule is CCOC(=O)Cn1c(=NC(=O)Cc2cccc3ccccc23)sc2cc(Br)ccc21. The van der Waals surface area contributed by atoms with Gasteiger partial charge in [-0.25, -0.2) is 0 Å². The van der Waals surface area contributed by atoms with Crippen molar-refractivity contribution in [3.63, 3.8) is 0 Å². The molecule has 1 amide bonds. The van der Waals surface area contributed by atoms with E-state index in [0.29, 0.717) is 11.4 Å². The van der Waals surface area contributed by atoms with E-state index >= 15 is 0 Å². The molecule has 5 nitrogen and oxygen atoms in total. The fraction of sp³-hybridized carbons (Fsp3) is 0.174. The number of aromatic nitrogens is 1. The van der Waals surface area contributed by atoms with Gasteiger partial charge in [-0.3, -0.25) is 9.59 Å². The zero-order valence-electron chi connectivity index (χ0n) is 16.3. The highest BCUT2D eigenvalue weighted by Crippen LogP contribution is 2.23. The predicted molar refractivity (Wildman–Crippen MR) is 122 cm³/mol. The van der Waals surface area contributed by atoms with Crippen molar-refractivity contribution in [1.82, 2.24) is 4.57 Å². The topological polar surface area (TPSA) is 60.7 Å². The number of nitrogens with zero attached hydrogens (tertiary/aromatic N) is 2. The number of benzene rings is 3. The second kappa shape index (κ2) is 8.93. The Morgan fingerprint density at radius 1 is 1.10 bits per heavy atom. The Labute approximate surface area is 185 Å². The fourth-order valence-electron chi connectivity index (χ4n) is 3.38. The van der Waals surface area contributed by atoms with Gasteiger partial charge in [0.05, 0.1) is 23.2 Å². The van der Waals surface area contributed by atoms with Gasteiger partial charge in [0.1, 0.15) is 6.54 Å². The lowest BCUT2D eigenvalue weighted by Crippen LogP contribution is -2.23. The summed E-state index contributed by atoms with van der Waals surface area (Å²) in [5.74, 6) is -0.613. The van der Waals surface area contributed by atoms with Crippen molar-refractivity contribution in [2.75, 3.05) is 6.61 Å². The molecule has 0 N–H and O–H groups in total. The van der Waals surface area contributed by atoms with Gasteiger partial charge in [-0.2, -0.15) is 4.99 Å². The summed E-state index contributed by atoms with van der Waals surface area (Å²) in [4.78, 5) is 29.8. The van der Waals surface area contributed by atoms with Crippen LogP contribution in [0, 0.1) is 0 Å². The van der Waals surface area contributed by atoms with E-state index in [1.54, 1.807) is 11.5 Å². The number of rotatable bonds is 5. The average molecular weight is 483 g/mol. The molecule has 0 saturated carbocycles. The Kier molecular flexibility index (Phi) is 6.11. The lowest BCUT2D eigenvalue weighted by molar-refractivity contribution is -0.143. The second-order valence-corrected chi connectivity index (χ2v) is 8.63. The molecule has 3 aromatic carbocycles. The lowest BCUT2D eigenvalue weighted by atomic mass is 10.0. The number of carbonyl (C=O) groups excluding carboxylic acids is 2. The van der Waals surface area contributed by atoms with Crippen molar-refractivity contribution in [3.8, 4) is 0 Å². The minimum atomic E-state index is -0.358. The third kappa shape index (κ3) is 4.37. The Morgan fingerprint density at radius 3 is 2.73 bits per heavy atom. The Balaban J connectivity index is 1.73. The molecule has 0 fully saturated rings. The molecule has 0 aliphatic rings. The molecule has 1 aromatic heterocycles. The van der Waals surface area contributed by atoms with Crippen molar-refractivity contribution in [3.05, 3.63) is 75.5 Å². The van der Waals surface area contributed by atoms with E-state index in [4.69, 9.17) is 4.74 Å². The number of amides is 1. The molecular formula is C23H19BrN2O3S. The van der Waals surface area contributed by atoms with Crippen LogP contribution in [0.15, 0.2) is 70.1 Å². The van der Waals surface area contributed by atoms with Gasteiger partial charge in [-0.05, 0) is 41.5 Å². The molecule has 0 atom stereocenters. The fourth-order valence-corrected chi connectivity index (χ4v) is 4.98. The largest absolute Gasteiger partial charge is 0.465 e. The van der Waals surface area contributed by atoms with Crippen LogP contribution in [-0.4, -0.2) is 23.1 Å². The maximum atomic E-state index is 12.8. The molecule has 30 heavy (non-hydrogen) atoms. The Hall–Kier alpha value is -2.77. The van der Waals surface area contributed by atoms with Crippen molar-refractivity contribution in [1.29, 1.82) is 0 Å². The molecule has 0 radical (unpaired) electrons. The molecule has 0 spiro atoms. The number of ether oxygens (including phenoxy) is 1. The quantitative estimate of drug-likeness (QED) is 0.382. The molecule has 4 aromatic rings. The number of halogens is 1. The van der Waals surface area contributed by atoms with E-state index < -0.39 is 0 Å². The highest BCUT2D eigenvalue weighted by molar-refractivity contribution is 9.10. The molecule has 0 saturated heterocycles. The van der Waals surface area contributed by atoms with Gasteiger partial charge in [-0.1, -0.05) is 69.7 Å². The van der Waals surface area contributed by atoms with Crippen LogP contribution >= 0.6 is 27.3 Å². The van der Waals surface area contributed by atoms with Crippen molar-refractivity contribution >= 4 is 60.1 Å². The first-order valence-corrected chi connectivity index (χ1v) is 11.1. The number of carbonyl (C=O) groups is 2. The van der Waals surface area contributed by atoms with E-state index in [2.05, 4.69) is 20.9 Å². The smallest absolute Gasteiger partial charge is 0.326 e. The monoisotopic (exact) mass is 482 g/mol. The van der Waals surface area contributed by atoms with Gasteiger partial charge >= 0.3 is 5.97 Å². The Morgan fingerprint density at radius 2 is 1.90 bits per heavy atom. The minimum absolute atomic E-state index is 0.00978. The molecule has 0 aliphatic heterocycles. The molecule has 0 aliphatic carbocycles. The number of fused-ring (bicyclic) bond motifs is 2. The van der Waals surface area contributed by atoms with Gasteiger partial charge in [0, 0.05) is 4.47 Å². The molecule has 0 bridgehead atoms. The van der Waals surface area contributed by atoms with Crippen LogP contribution in [0.25, 0.3) is 21.0 Å².